The molecule has 0 fully saturated rings. The first kappa shape index (κ1) is 20.0. The molecule has 0 aliphatic carbocycles. The van der Waals surface area contributed by atoms with E-state index in [1.54, 1.807) is 29.2 Å². The highest BCUT2D eigenvalue weighted by Crippen LogP contribution is 2.28. The molecule has 28 heavy (non-hydrogen) atoms. The molecule has 0 atom stereocenters. The number of benzene rings is 2. The summed E-state index contributed by atoms with van der Waals surface area (Å²) >= 11 is 0. The molecule has 0 spiro atoms. The molecule has 1 N–H and O–H groups in total. The van der Waals surface area contributed by atoms with Gasteiger partial charge in [0, 0.05) is 12.2 Å². The highest BCUT2D eigenvalue weighted by Gasteiger charge is 2.24. The molecular formula is C20H24N2O5S. The molecule has 0 bridgehead atoms. The number of rotatable bonds is 7. The van der Waals surface area contributed by atoms with Crippen molar-refractivity contribution in [3.05, 3.63) is 48.0 Å². The Morgan fingerprint density at radius 3 is 2.57 bits per heavy atom. The number of anilines is 1. The van der Waals surface area contributed by atoms with Crippen LogP contribution >= 0.6 is 0 Å². The number of likely N-dealkylation sites (N-methyl/N-ethyl adjacent to an activating group) is 1. The molecule has 150 valence electrons. The average Bonchev–Trinajstić information content (AvgIpc) is 2.85. The first-order chi connectivity index (χ1) is 13.4. The highest BCUT2D eigenvalue weighted by atomic mass is 32.2. The van der Waals surface area contributed by atoms with Gasteiger partial charge in [-0.25, -0.2) is 8.42 Å². The molecular weight excluding hydrogens is 380 g/mol. The third-order valence-electron chi connectivity index (χ3n) is 4.36. The van der Waals surface area contributed by atoms with E-state index >= 15 is 0 Å². The number of nitrogens with one attached hydrogen (secondary N) is 1. The van der Waals surface area contributed by atoms with Crippen molar-refractivity contribution in [2.45, 2.75) is 25.2 Å². The molecule has 2 aromatic rings. The summed E-state index contributed by atoms with van der Waals surface area (Å²) in [6.45, 7) is 5.93. The minimum atomic E-state index is -3.79. The lowest BCUT2D eigenvalue weighted by Gasteiger charge is -2.17. The Morgan fingerprint density at radius 1 is 1.14 bits per heavy atom. The van der Waals surface area contributed by atoms with Crippen molar-refractivity contribution in [3.63, 3.8) is 0 Å². The van der Waals surface area contributed by atoms with E-state index in [1.165, 1.54) is 18.2 Å². The fraction of sp³-hybridized carbons (Fsp3) is 0.350. The SMILES string of the molecule is CCCOc1ccc(S(=O)(=O)Nc2ccc3c(c2)C(=O)N(CC)CCO3)cc1. The molecule has 1 aliphatic heterocycles. The Kier molecular flexibility index (Phi) is 6.08. The van der Waals surface area contributed by atoms with Gasteiger partial charge in [-0.05, 0) is 55.8 Å². The van der Waals surface area contributed by atoms with Crippen molar-refractivity contribution in [3.8, 4) is 11.5 Å². The third kappa shape index (κ3) is 4.39. The molecule has 1 heterocycles. The monoisotopic (exact) mass is 404 g/mol. The zero-order valence-corrected chi connectivity index (χ0v) is 16.8. The molecule has 0 saturated carbocycles. The fourth-order valence-corrected chi connectivity index (χ4v) is 3.92. The van der Waals surface area contributed by atoms with Crippen LogP contribution in [0.4, 0.5) is 5.69 Å². The summed E-state index contributed by atoms with van der Waals surface area (Å²) in [7, 11) is -3.79. The molecule has 3 rings (SSSR count). The maximum Gasteiger partial charge on any atom is 0.261 e. The van der Waals surface area contributed by atoms with E-state index in [0.717, 1.165) is 6.42 Å². The topological polar surface area (TPSA) is 84.9 Å². The van der Waals surface area contributed by atoms with Gasteiger partial charge in [-0.3, -0.25) is 9.52 Å². The largest absolute Gasteiger partial charge is 0.494 e. The van der Waals surface area contributed by atoms with Crippen LogP contribution in [-0.4, -0.2) is 45.5 Å². The van der Waals surface area contributed by atoms with Gasteiger partial charge in [-0.2, -0.15) is 0 Å². The Labute approximate surface area is 165 Å². The number of sulfonamides is 1. The van der Waals surface area contributed by atoms with Crippen LogP contribution < -0.4 is 14.2 Å². The normalized spacial score (nSPS) is 14.1. The Morgan fingerprint density at radius 2 is 1.89 bits per heavy atom. The van der Waals surface area contributed by atoms with Gasteiger partial charge >= 0.3 is 0 Å². The van der Waals surface area contributed by atoms with Crippen LogP contribution in [-0.2, 0) is 10.0 Å². The van der Waals surface area contributed by atoms with E-state index in [1.807, 2.05) is 13.8 Å². The Hall–Kier alpha value is -2.74. The predicted molar refractivity (Wildman–Crippen MR) is 107 cm³/mol. The lowest BCUT2D eigenvalue weighted by Crippen LogP contribution is -2.32. The van der Waals surface area contributed by atoms with Gasteiger partial charge in [-0.1, -0.05) is 6.92 Å². The van der Waals surface area contributed by atoms with Crippen LogP contribution in [0.5, 0.6) is 11.5 Å². The van der Waals surface area contributed by atoms with Gasteiger partial charge in [0.25, 0.3) is 15.9 Å². The second kappa shape index (κ2) is 8.52. The first-order valence-electron chi connectivity index (χ1n) is 9.26. The number of hydrogen-bond donors (Lipinski definition) is 1. The number of ether oxygens (including phenoxy) is 2. The quantitative estimate of drug-likeness (QED) is 0.766. The molecule has 0 aromatic heterocycles. The number of fused-ring (bicyclic) bond motifs is 1. The minimum Gasteiger partial charge on any atom is -0.494 e. The number of carbonyl (C=O) groups excluding carboxylic acids is 1. The van der Waals surface area contributed by atoms with E-state index < -0.39 is 10.0 Å². The standard InChI is InChI=1S/C20H24N2O5S/c1-3-12-26-16-6-8-17(9-7-16)28(24,25)21-15-5-10-19-18(14-15)20(23)22(4-2)11-13-27-19/h5-10,14,21H,3-4,11-13H2,1-2H3. The average molecular weight is 404 g/mol. The summed E-state index contributed by atoms with van der Waals surface area (Å²) < 4.78 is 39.0. The Balaban J connectivity index is 1.82. The van der Waals surface area contributed by atoms with Gasteiger partial charge in [0.2, 0.25) is 0 Å². The van der Waals surface area contributed by atoms with Gasteiger partial charge in [0.1, 0.15) is 18.1 Å². The summed E-state index contributed by atoms with van der Waals surface area (Å²) in [5, 5.41) is 0. The maximum absolute atomic E-state index is 12.7. The van der Waals surface area contributed by atoms with Crippen molar-refractivity contribution >= 4 is 21.6 Å². The van der Waals surface area contributed by atoms with Gasteiger partial charge in [0.15, 0.2) is 0 Å². The van der Waals surface area contributed by atoms with Gasteiger partial charge in [0.05, 0.1) is 23.6 Å². The van der Waals surface area contributed by atoms with Crippen molar-refractivity contribution in [2.24, 2.45) is 0 Å². The number of carbonyl (C=O) groups is 1. The van der Waals surface area contributed by atoms with Crippen LogP contribution in [0.2, 0.25) is 0 Å². The second-order valence-electron chi connectivity index (χ2n) is 6.37. The number of hydrogen-bond acceptors (Lipinski definition) is 5. The molecule has 1 amide bonds. The minimum absolute atomic E-state index is 0.115. The smallest absolute Gasteiger partial charge is 0.261 e. The number of nitrogens with zero attached hydrogens (tertiary/aromatic N) is 1. The van der Waals surface area contributed by atoms with Crippen LogP contribution in [0.15, 0.2) is 47.4 Å². The predicted octanol–water partition coefficient (Wildman–Crippen LogP) is 3.13. The molecule has 0 radical (unpaired) electrons. The van der Waals surface area contributed by atoms with Crippen LogP contribution in [0.3, 0.4) is 0 Å². The molecule has 0 unspecified atom stereocenters. The van der Waals surface area contributed by atoms with Crippen molar-refractivity contribution < 1.29 is 22.7 Å². The van der Waals surface area contributed by atoms with Crippen LogP contribution in [0.1, 0.15) is 30.6 Å². The second-order valence-corrected chi connectivity index (χ2v) is 8.05. The molecule has 8 heteroatoms. The van der Waals surface area contributed by atoms with E-state index in [4.69, 9.17) is 9.47 Å². The van der Waals surface area contributed by atoms with Crippen molar-refractivity contribution in [1.82, 2.24) is 4.90 Å². The van der Waals surface area contributed by atoms with E-state index in [2.05, 4.69) is 4.72 Å². The first-order valence-corrected chi connectivity index (χ1v) is 10.7. The summed E-state index contributed by atoms with van der Waals surface area (Å²) in [6, 6.07) is 10.9. The summed E-state index contributed by atoms with van der Waals surface area (Å²) in [6.07, 6.45) is 0.873. The van der Waals surface area contributed by atoms with Crippen molar-refractivity contribution in [1.29, 1.82) is 0 Å². The summed E-state index contributed by atoms with van der Waals surface area (Å²) in [5.41, 5.74) is 0.655. The lowest BCUT2D eigenvalue weighted by molar-refractivity contribution is 0.0765. The van der Waals surface area contributed by atoms with Gasteiger partial charge in [-0.15, -0.1) is 0 Å². The van der Waals surface area contributed by atoms with Crippen LogP contribution in [0, 0.1) is 0 Å². The van der Waals surface area contributed by atoms with E-state index in [0.29, 0.717) is 49.1 Å². The molecule has 2 aromatic carbocycles. The highest BCUT2D eigenvalue weighted by molar-refractivity contribution is 7.92. The maximum atomic E-state index is 12.7. The lowest BCUT2D eigenvalue weighted by atomic mass is 10.1. The zero-order chi connectivity index (χ0) is 20.1. The third-order valence-corrected chi connectivity index (χ3v) is 5.75. The molecule has 1 aliphatic rings. The zero-order valence-electron chi connectivity index (χ0n) is 16.0. The summed E-state index contributed by atoms with van der Waals surface area (Å²) in [4.78, 5) is 14.4. The molecule has 7 nitrogen and oxygen atoms in total. The fourth-order valence-electron chi connectivity index (χ4n) is 2.87. The van der Waals surface area contributed by atoms with E-state index in [9.17, 15) is 13.2 Å². The van der Waals surface area contributed by atoms with Gasteiger partial charge < -0.3 is 14.4 Å². The Bertz CT molecular complexity index is 942. The van der Waals surface area contributed by atoms with Crippen molar-refractivity contribution in [2.75, 3.05) is 31.0 Å². The van der Waals surface area contributed by atoms with Crippen LogP contribution in [0.25, 0.3) is 0 Å². The van der Waals surface area contributed by atoms with E-state index in [-0.39, 0.29) is 10.8 Å². The number of amides is 1. The summed E-state index contributed by atoms with van der Waals surface area (Å²) in [5.74, 6) is 0.906. The molecule has 0 saturated heterocycles.